The molecule has 2 saturated carbocycles. The average Bonchev–Trinajstić information content (AvgIpc) is 2.72. The first-order valence-corrected chi connectivity index (χ1v) is 4.69. The molecular formula is C9H13NO4. The lowest BCUT2D eigenvalue weighted by Crippen LogP contribution is -2.51. The molecule has 2 aliphatic carbocycles. The van der Waals surface area contributed by atoms with Crippen molar-refractivity contribution in [2.45, 2.75) is 18.4 Å². The molecule has 0 aromatic heterocycles. The SMILES string of the molecule is CNC1(C(=O)O)CCC2C(C(=O)O)C21. The summed E-state index contributed by atoms with van der Waals surface area (Å²) in [5.41, 5.74) is -0.992. The van der Waals surface area contributed by atoms with Crippen LogP contribution < -0.4 is 5.32 Å². The summed E-state index contributed by atoms with van der Waals surface area (Å²) in [6.45, 7) is 0. The highest BCUT2D eigenvalue weighted by Crippen LogP contribution is 2.62. The van der Waals surface area contributed by atoms with Crippen LogP contribution in [0.4, 0.5) is 0 Å². The minimum absolute atomic E-state index is 0.0658. The summed E-state index contributed by atoms with van der Waals surface area (Å²) in [6.07, 6.45) is 1.24. The van der Waals surface area contributed by atoms with E-state index in [2.05, 4.69) is 5.32 Å². The molecule has 14 heavy (non-hydrogen) atoms. The van der Waals surface area contributed by atoms with Crippen molar-refractivity contribution >= 4 is 11.9 Å². The first-order chi connectivity index (χ1) is 6.54. The third-order valence-electron chi connectivity index (χ3n) is 3.72. The van der Waals surface area contributed by atoms with Gasteiger partial charge in [-0.25, -0.2) is 0 Å². The normalized spacial score (nSPS) is 44.5. The van der Waals surface area contributed by atoms with Crippen molar-refractivity contribution in [1.82, 2.24) is 5.32 Å². The van der Waals surface area contributed by atoms with Gasteiger partial charge in [-0.15, -0.1) is 0 Å². The smallest absolute Gasteiger partial charge is 0.324 e. The minimum Gasteiger partial charge on any atom is -0.481 e. The molecule has 2 fully saturated rings. The lowest BCUT2D eigenvalue weighted by atomic mass is 9.90. The first-order valence-electron chi connectivity index (χ1n) is 4.69. The second-order valence-electron chi connectivity index (χ2n) is 4.12. The molecule has 3 N–H and O–H groups in total. The number of carboxylic acids is 2. The van der Waals surface area contributed by atoms with Crippen molar-refractivity contribution in [2.24, 2.45) is 17.8 Å². The Morgan fingerprint density at radius 2 is 2.07 bits per heavy atom. The molecule has 0 aromatic rings. The summed E-state index contributed by atoms with van der Waals surface area (Å²) in [5.74, 6) is -2.39. The van der Waals surface area contributed by atoms with E-state index in [9.17, 15) is 9.59 Å². The number of hydrogen-bond donors (Lipinski definition) is 3. The van der Waals surface area contributed by atoms with Gasteiger partial charge in [0, 0.05) is 5.92 Å². The van der Waals surface area contributed by atoms with Crippen molar-refractivity contribution in [3.63, 3.8) is 0 Å². The number of fused-ring (bicyclic) bond motifs is 1. The van der Waals surface area contributed by atoms with Crippen LogP contribution in [0.2, 0.25) is 0 Å². The predicted molar refractivity (Wildman–Crippen MR) is 46.8 cm³/mol. The Morgan fingerprint density at radius 1 is 1.43 bits per heavy atom. The monoisotopic (exact) mass is 199 g/mol. The molecule has 0 saturated heterocycles. The number of carbonyl (C=O) groups is 2. The van der Waals surface area contributed by atoms with Crippen molar-refractivity contribution < 1.29 is 19.8 Å². The Bertz CT molecular complexity index is 303. The lowest BCUT2D eigenvalue weighted by molar-refractivity contribution is -0.146. The van der Waals surface area contributed by atoms with E-state index in [1.54, 1.807) is 7.05 Å². The topological polar surface area (TPSA) is 86.6 Å². The molecule has 0 aliphatic heterocycles. The molecule has 5 heteroatoms. The molecule has 0 spiro atoms. The zero-order valence-corrected chi connectivity index (χ0v) is 7.86. The van der Waals surface area contributed by atoms with Crippen LogP contribution in [0.1, 0.15) is 12.8 Å². The quantitative estimate of drug-likeness (QED) is 0.584. The van der Waals surface area contributed by atoms with Gasteiger partial charge in [-0.3, -0.25) is 9.59 Å². The number of likely N-dealkylation sites (N-methyl/N-ethyl adjacent to an activating group) is 1. The Hall–Kier alpha value is -1.10. The minimum atomic E-state index is -0.992. The summed E-state index contributed by atoms with van der Waals surface area (Å²) >= 11 is 0. The van der Waals surface area contributed by atoms with Gasteiger partial charge in [0.2, 0.25) is 0 Å². The number of hydrogen-bond acceptors (Lipinski definition) is 3. The fourth-order valence-electron chi connectivity index (χ4n) is 2.95. The third-order valence-corrected chi connectivity index (χ3v) is 3.72. The van der Waals surface area contributed by atoms with Crippen LogP contribution in [-0.4, -0.2) is 34.7 Å². The van der Waals surface area contributed by atoms with E-state index in [0.29, 0.717) is 12.8 Å². The van der Waals surface area contributed by atoms with Crippen LogP contribution in [0.25, 0.3) is 0 Å². The molecule has 4 unspecified atom stereocenters. The number of rotatable bonds is 3. The maximum atomic E-state index is 11.1. The van der Waals surface area contributed by atoms with E-state index in [1.165, 1.54) is 0 Å². The standard InChI is InChI=1S/C9H13NO4/c1-10-9(8(13)14)3-2-4-5(6(4)9)7(11)12/h4-6,10H,2-3H2,1H3,(H,11,12)(H,13,14). The highest BCUT2D eigenvalue weighted by Gasteiger charge is 2.70. The highest BCUT2D eigenvalue weighted by molar-refractivity contribution is 5.85. The fraction of sp³-hybridized carbons (Fsp3) is 0.778. The van der Waals surface area contributed by atoms with Crippen LogP contribution in [-0.2, 0) is 9.59 Å². The van der Waals surface area contributed by atoms with Crippen LogP contribution in [0.15, 0.2) is 0 Å². The molecule has 5 nitrogen and oxygen atoms in total. The molecular weight excluding hydrogens is 186 g/mol. The molecule has 0 amide bonds. The molecule has 0 aromatic carbocycles. The lowest BCUT2D eigenvalue weighted by Gasteiger charge is -2.26. The Balaban J connectivity index is 2.23. The fourth-order valence-corrected chi connectivity index (χ4v) is 2.95. The average molecular weight is 199 g/mol. The Morgan fingerprint density at radius 3 is 2.43 bits per heavy atom. The van der Waals surface area contributed by atoms with E-state index in [0.717, 1.165) is 0 Å². The molecule has 4 atom stereocenters. The number of carboxylic acid groups (broad SMARTS) is 2. The summed E-state index contributed by atoms with van der Waals surface area (Å²) in [5, 5.41) is 20.7. The molecule has 2 rings (SSSR count). The summed E-state index contributed by atoms with van der Waals surface area (Å²) < 4.78 is 0. The van der Waals surface area contributed by atoms with E-state index >= 15 is 0 Å². The molecule has 0 heterocycles. The second kappa shape index (κ2) is 2.70. The molecule has 0 bridgehead atoms. The maximum Gasteiger partial charge on any atom is 0.324 e. The molecule has 78 valence electrons. The van der Waals surface area contributed by atoms with Gasteiger partial charge in [0.15, 0.2) is 0 Å². The van der Waals surface area contributed by atoms with Gasteiger partial charge in [0.1, 0.15) is 5.54 Å². The number of nitrogens with one attached hydrogen (secondary N) is 1. The summed E-state index contributed by atoms with van der Waals surface area (Å²) in [4.78, 5) is 21.9. The zero-order chi connectivity index (χ0) is 10.5. The van der Waals surface area contributed by atoms with Gasteiger partial charge >= 0.3 is 11.9 Å². The van der Waals surface area contributed by atoms with Gasteiger partial charge in [-0.2, -0.15) is 0 Å². The van der Waals surface area contributed by atoms with Crippen molar-refractivity contribution in [3.05, 3.63) is 0 Å². The van der Waals surface area contributed by atoms with E-state index in [4.69, 9.17) is 10.2 Å². The Kier molecular flexibility index (Phi) is 1.82. The third kappa shape index (κ3) is 0.930. The van der Waals surface area contributed by atoms with E-state index < -0.39 is 23.4 Å². The number of aliphatic carboxylic acids is 2. The largest absolute Gasteiger partial charge is 0.481 e. The first kappa shape index (κ1) is 9.45. The molecule has 2 aliphatic rings. The Labute approximate surface area is 81.1 Å². The zero-order valence-electron chi connectivity index (χ0n) is 7.86. The van der Waals surface area contributed by atoms with Crippen LogP contribution in [0.3, 0.4) is 0 Å². The van der Waals surface area contributed by atoms with Crippen LogP contribution >= 0.6 is 0 Å². The summed E-state index contributed by atoms with van der Waals surface area (Å²) in [7, 11) is 1.59. The van der Waals surface area contributed by atoms with Gasteiger partial charge in [-0.05, 0) is 25.8 Å². The van der Waals surface area contributed by atoms with Crippen molar-refractivity contribution in [2.75, 3.05) is 7.05 Å². The van der Waals surface area contributed by atoms with E-state index in [1.807, 2.05) is 0 Å². The van der Waals surface area contributed by atoms with Gasteiger partial charge in [0.25, 0.3) is 0 Å². The predicted octanol–water partition coefficient (Wildman–Crippen LogP) is -0.230. The maximum absolute atomic E-state index is 11.1. The van der Waals surface area contributed by atoms with Crippen LogP contribution in [0, 0.1) is 17.8 Å². The summed E-state index contributed by atoms with van der Waals surface area (Å²) in [6, 6.07) is 0. The second-order valence-corrected chi connectivity index (χ2v) is 4.12. The van der Waals surface area contributed by atoms with Gasteiger partial charge < -0.3 is 15.5 Å². The van der Waals surface area contributed by atoms with Gasteiger partial charge in [-0.1, -0.05) is 0 Å². The van der Waals surface area contributed by atoms with Crippen molar-refractivity contribution in [3.8, 4) is 0 Å². The van der Waals surface area contributed by atoms with Crippen LogP contribution in [0.5, 0.6) is 0 Å². The highest BCUT2D eigenvalue weighted by atomic mass is 16.4. The van der Waals surface area contributed by atoms with Gasteiger partial charge in [0.05, 0.1) is 5.92 Å². The molecule has 0 radical (unpaired) electrons. The van der Waals surface area contributed by atoms with Crippen molar-refractivity contribution in [1.29, 1.82) is 0 Å². The van der Waals surface area contributed by atoms with E-state index in [-0.39, 0.29) is 11.8 Å².